The zero-order valence-electron chi connectivity index (χ0n) is 8.11. The molecule has 5 heteroatoms. The maximum Gasteiger partial charge on any atom is 0.348 e. The minimum absolute atomic E-state index is 0.190. The molecule has 2 aromatic rings. The first-order valence-corrected chi connectivity index (χ1v) is 6.13. The van der Waals surface area contributed by atoms with E-state index in [9.17, 15) is 4.79 Å². The van der Waals surface area contributed by atoms with Gasteiger partial charge in [-0.2, -0.15) is 0 Å². The highest BCUT2D eigenvalue weighted by molar-refractivity contribution is 9.10. The van der Waals surface area contributed by atoms with Crippen molar-refractivity contribution in [1.29, 1.82) is 0 Å². The van der Waals surface area contributed by atoms with Gasteiger partial charge in [0, 0.05) is 15.4 Å². The monoisotopic (exact) mass is 297 g/mol. The van der Waals surface area contributed by atoms with Crippen molar-refractivity contribution in [3.8, 4) is 11.1 Å². The number of thiophene rings is 1. The second-order valence-corrected chi connectivity index (χ2v) is 5.00. The zero-order chi connectivity index (χ0) is 11.7. The highest BCUT2D eigenvalue weighted by Crippen LogP contribution is 2.34. The lowest BCUT2D eigenvalue weighted by atomic mass is 10.1. The van der Waals surface area contributed by atoms with Crippen LogP contribution in [0.5, 0.6) is 0 Å². The molecule has 16 heavy (non-hydrogen) atoms. The van der Waals surface area contributed by atoms with Gasteiger partial charge in [0.1, 0.15) is 4.88 Å². The molecule has 0 bridgehead atoms. The van der Waals surface area contributed by atoms with Crippen LogP contribution >= 0.6 is 27.3 Å². The summed E-state index contributed by atoms with van der Waals surface area (Å²) >= 11 is 4.51. The number of hydrogen-bond donors (Lipinski definition) is 2. The largest absolute Gasteiger partial charge is 0.477 e. The van der Waals surface area contributed by atoms with Gasteiger partial charge in [-0.1, -0.05) is 28.1 Å². The standard InChI is InChI=1S/C11H8BrNO2S/c12-7-3-1-2-6(4-7)8-5-16-10(9(8)13)11(14)15/h1-5H,13H2,(H,14,15). The number of aromatic carboxylic acids is 1. The summed E-state index contributed by atoms with van der Waals surface area (Å²) in [7, 11) is 0. The van der Waals surface area contributed by atoms with Crippen LogP contribution in [0.2, 0.25) is 0 Å². The van der Waals surface area contributed by atoms with Crippen LogP contribution in [0.1, 0.15) is 9.67 Å². The molecule has 3 nitrogen and oxygen atoms in total. The number of anilines is 1. The molecule has 1 aromatic carbocycles. The molecule has 3 N–H and O–H groups in total. The van der Waals surface area contributed by atoms with Crippen LogP contribution in [0.15, 0.2) is 34.1 Å². The molecule has 0 fully saturated rings. The Morgan fingerprint density at radius 2 is 2.19 bits per heavy atom. The quantitative estimate of drug-likeness (QED) is 0.892. The molecule has 0 saturated carbocycles. The fraction of sp³-hybridized carbons (Fsp3) is 0. The molecular formula is C11H8BrNO2S. The van der Waals surface area contributed by atoms with Gasteiger partial charge in [-0.05, 0) is 17.7 Å². The van der Waals surface area contributed by atoms with E-state index in [0.717, 1.165) is 26.9 Å². The second kappa shape index (κ2) is 4.27. The number of benzene rings is 1. The lowest BCUT2D eigenvalue weighted by Gasteiger charge is -2.01. The SMILES string of the molecule is Nc1c(-c2cccc(Br)c2)csc1C(=O)O. The summed E-state index contributed by atoms with van der Waals surface area (Å²) in [5.74, 6) is -0.983. The van der Waals surface area contributed by atoms with E-state index in [0.29, 0.717) is 5.69 Å². The number of carbonyl (C=O) groups is 1. The maximum absolute atomic E-state index is 10.9. The molecule has 2 rings (SSSR count). The van der Waals surface area contributed by atoms with Crippen molar-refractivity contribution in [3.63, 3.8) is 0 Å². The van der Waals surface area contributed by atoms with E-state index in [4.69, 9.17) is 10.8 Å². The van der Waals surface area contributed by atoms with Crippen molar-refractivity contribution >= 4 is 38.9 Å². The van der Waals surface area contributed by atoms with Crippen LogP contribution in [0, 0.1) is 0 Å². The molecule has 0 aliphatic carbocycles. The number of nitrogen functional groups attached to an aromatic ring is 1. The molecular weight excluding hydrogens is 290 g/mol. The highest BCUT2D eigenvalue weighted by Gasteiger charge is 2.15. The molecule has 1 aromatic heterocycles. The van der Waals surface area contributed by atoms with Crippen molar-refractivity contribution in [2.45, 2.75) is 0 Å². The molecule has 0 saturated heterocycles. The molecule has 0 atom stereocenters. The van der Waals surface area contributed by atoms with Crippen molar-refractivity contribution in [2.24, 2.45) is 0 Å². The highest BCUT2D eigenvalue weighted by atomic mass is 79.9. The van der Waals surface area contributed by atoms with Crippen molar-refractivity contribution < 1.29 is 9.90 Å². The Morgan fingerprint density at radius 3 is 2.75 bits per heavy atom. The third kappa shape index (κ3) is 1.96. The van der Waals surface area contributed by atoms with Crippen LogP contribution in [0.3, 0.4) is 0 Å². The van der Waals surface area contributed by atoms with Crippen LogP contribution in [0.25, 0.3) is 11.1 Å². The van der Waals surface area contributed by atoms with Gasteiger partial charge in [-0.25, -0.2) is 4.79 Å². The van der Waals surface area contributed by atoms with Crippen LogP contribution < -0.4 is 5.73 Å². The Balaban J connectivity index is 2.53. The third-order valence-electron chi connectivity index (χ3n) is 2.16. The third-order valence-corrected chi connectivity index (χ3v) is 3.64. The van der Waals surface area contributed by atoms with E-state index in [1.54, 1.807) is 5.38 Å². The summed E-state index contributed by atoms with van der Waals surface area (Å²) in [5.41, 5.74) is 7.81. The zero-order valence-corrected chi connectivity index (χ0v) is 10.5. The Kier molecular flexibility index (Phi) is 2.98. The fourth-order valence-corrected chi connectivity index (χ4v) is 2.65. The molecule has 0 aliphatic heterocycles. The first-order chi connectivity index (χ1) is 7.59. The minimum Gasteiger partial charge on any atom is -0.477 e. The van der Waals surface area contributed by atoms with Gasteiger partial charge in [0.15, 0.2) is 0 Å². The number of rotatable bonds is 2. The molecule has 82 valence electrons. The number of carboxylic acids is 1. The predicted molar refractivity (Wildman–Crippen MR) is 68.8 cm³/mol. The van der Waals surface area contributed by atoms with Crippen molar-refractivity contribution in [2.75, 3.05) is 5.73 Å². The topological polar surface area (TPSA) is 63.3 Å². The van der Waals surface area contributed by atoms with Gasteiger partial charge in [-0.15, -0.1) is 11.3 Å². The minimum atomic E-state index is -0.983. The average molecular weight is 298 g/mol. The lowest BCUT2D eigenvalue weighted by Crippen LogP contribution is -1.98. The molecule has 0 unspecified atom stereocenters. The predicted octanol–water partition coefficient (Wildman–Crippen LogP) is 3.46. The van der Waals surface area contributed by atoms with Crippen LogP contribution in [-0.2, 0) is 0 Å². The van der Waals surface area contributed by atoms with Crippen LogP contribution in [-0.4, -0.2) is 11.1 Å². The van der Waals surface area contributed by atoms with E-state index in [1.165, 1.54) is 0 Å². The van der Waals surface area contributed by atoms with E-state index in [1.807, 2.05) is 24.3 Å². The lowest BCUT2D eigenvalue weighted by molar-refractivity contribution is 0.0703. The maximum atomic E-state index is 10.9. The Hall–Kier alpha value is -1.33. The van der Waals surface area contributed by atoms with E-state index < -0.39 is 5.97 Å². The molecule has 0 aliphatic rings. The van der Waals surface area contributed by atoms with Gasteiger partial charge < -0.3 is 10.8 Å². The molecule has 1 heterocycles. The van der Waals surface area contributed by atoms with Gasteiger partial charge in [-0.3, -0.25) is 0 Å². The summed E-state index contributed by atoms with van der Waals surface area (Å²) in [4.78, 5) is 11.0. The van der Waals surface area contributed by atoms with Gasteiger partial charge in [0.25, 0.3) is 0 Å². The molecule has 0 amide bonds. The summed E-state index contributed by atoms with van der Waals surface area (Å²) in [5, 5.41) is 10.7. The van der Waals surface area contributed by atoms with Gasteiger partial charge in [0.2, 0.25) is 0 Å². The Bertz CT molecular complexity index is 551. The Labute approximate surface area is 105 Å². The van der Waals surface area contributed by atoms with E-state index in [-0.39, 0.29) is 4.88 Å². The van der Waals surface area contributed by atoms with Crippen molar-refractivity contribution in [3.05, 3.63) is 39.0 Å². The Morgan fingerprint density at radius 1 is 1.44 bits per heavy atom. The molecule has 0 spiro atoms. The number of carboxylic acid groups (broad SMARTS) is 1. The van der Waals surface area contributed by atoms with Gasteiger partial charge in [0.05, 0.1) is 5.69 Å². The first-order valence-electron chi connectivity index (χ1n) is 4.46. The second-order valence-electron chi connectivity index (χ2n) is 3.21. The number of halogens is 1. The summed E-state index contributed by atoms with van der Waals surface area (Å²) in [6, 6.07) is 7.60. The van der Waals surface area contributed by atoms with Crippen LogP contribution in [0.4, 0.5) is 5.69 Å². The summed E-state index contributed by atoms with van der Waals surface area (Å²) in [6.07, 6.45) is 0. The van der Waals surface area contributed by atoms with E-state index >= 15 is 0 Å². The van der Waals surface area contributed by atoms with Crippen molar-refractivity contribution in [1.82, 2.24) is 0 Å². The normalized spacial score (nSPS) is 10.3. The fourth-order valence-electron chi connectivity index (χ4n) is 1.41. The number of hydrogen-bond acceptors (Lipinski definition) is 3. The van der Waals surface area contributed by atoms with Gasteiger partial charge >= 0.3 is 5.97 Å². The smallest absolute Gasteiger partial charge is 0.348 e. The average Bonchev–Trinajstić information content (AvgIpc) is 2.60. The summed E-state index contributed by atoms with van der Waals surface area (Å²) < 4.78 is 0.937. The molecule has 0 radical (unpaired) electrons. The number of nitrogens with two attached hydrogens (primary N) is 1. The van der Waals surface area contributed by atoms with E-state index in [2.05, 4.69) is 15.9 Å². The summed E-state index contributed by atoms with van der Waals surface area (Å²) in [6.45, 7) is 0. The first kappa shape index (κ1) is 11.2.